The van der Waals surface area contributed by atoms with Crippen LogP contribution in [0.2, 0.25) is 0 Å². The SMILES string of the molecule is COc1cc(N2CC3CNCC3C2C)c([N+](=O)[O-])cc1F. The number of benzene rings is 1. The van der Waals surface area contributed by atoms with Crippen LogP contribution in [0.3, 0.4) is 0 Å². The van der Waals surface area contributed by atoms with Gasteiger partial charge in [0.1, 0.15) is 5.69 Å². The minimum absolute atomic E-state index is 0.0398. The minimum Gasteiger partial charge on any atom is -0.494 e. The van der Waals surface area contributed by atoms with Crippen molar-refractivity contribution in [1.82, 2.24) is 5.32 Å². The fourth-order valence-corrected chi connectivity index (χ4v) is 3.55. The zero-order valence-electron chi connectivity index (χ0n) is 12.0. The quantitative estimate of drug-likeness (QED) is 0.680. The normalized spacial score (nSPS) is 27.8. The lowest BCUT2D eigenvalue weighted by molar-refractivity contribution is -0.384. The Morgan fingerprint density at radius 3 is 2.86 bits per heavy atom. The molecule has 2 saturated heterocycles. The Hall–Kier alpha value is -1.89. The molecule has 0 aliphatic carbocycles. The van der Waals surface area contributed by atoms with Crippen molar-refractivity contribution < 1.29 is 14.1 Å². The first kappa shape index (κ1) is 14.1. The van der Waals surface area contributed by atoms with Crippen LogP contribution in [0.5, 0.6) is 5.75 Å². The molecule has 3 atom stereocenters. The second-order valence-electron chi connectivity index (χ2n) is 5.71. The summed E-state index contributed by atoms with van der Waals surface area (Å²) in [6, 6.07) is 2.57. The summed E-state index contributed by atoms with van der Waals surface area (Å²) in [6.45, 7) is 4.66. The van der Waals surface area contributed by atoms with E-state index in [1.807, 2.05) is 4.90 Å². The molecule has 21 heavy (non-hydrogen) atoms. The molecule has 0 aromatic heterocycles. The molecule has 1 N–H and O–H groups in total. The van der Waals surface area contributed by atoms with Gasteiger partial charge >= 0.3 is 0 Å². The van der Waals surface area contributed by atoms with E-state index in [2.05, 4.69) is 12.2 Å². The average Bonchev–Trinajstić information content (AvgIpc) is 3.02. The van der Waals surface area contributed by atoms with Crippen LogP contribution in [-0.2, 0) is 0 Å². The van der Waals surface area contributed by atoms with Crippen molar-refractivity contribution >= 4 is 11.4 Å². The van der Waals surface area contributed by atoms with Gasteiger partial charge < -0.3 is 15.0 Å². The fourth-order valence-electron chi connectivity index (χ4n) is 3.55. The van der Waals surface area contributed by atoms with E-state index in [1.54, 1.807) is 0 Å². The monoisotopic (exact) mass is 295 g/mol. The summed E-state index contributed by atoms with van der Waals surface area (Å²) in [5.41, 5.74) is 0.244. The molecule has 114 valence electrons. The van der Waals surface area contributed by atoms with Gasteiger partial charge in [0.15, 0.2) is 11.6 Å². The first-order chi connectivity index (χ1) is 10.0. The molecule has 2 fully saturated rings. The molecule has 0 bridgehead atoms. The van der Waals surface area contributed by atoms with Crippen molar-refractivity contribution in [1.29, 1.82) is 0 Å². The van der Waals surface area contributed by atoms with E-state index in [1.165, 1.54) is 13.2 Å². The third kappa shape index (κ3) is 2.21. The predicted octanol–water partition coefficient (Wildman–Crippen LogP) is 1.79. The number of nitro groups is 1. The smallest absolute Gasteiger partial charge is 0.295 e. The number of ether oxygens (including phenoxy) is 1. The van der Waals surface area contributed by atoms with Crippen LogP contribution in [0.4, 0.5) is 15.8 Å². The van der Waals surface area contributed by atoms with Crippen LogP contribution in [0, 0.1) is 27.8 Å². The summed E-state index contributed by atoms with van der Waals surface area (Å²) in [5.74, 6) is 0.288. The van der Waals surface area contributed by atoms with E-state index in [0.717, 1.165) is 25.7 Å². The molecule has 0 radical (unpaired) electrons. The molecular weight excluding hydrogens is 277 g/mol. The Kier molecular flexibility index (Phi) is 3.44. The Morgan fingerprint density at radius 1 is 1.48 bits per heavy atom. The summed E-state index contributed by atoms with van der Waals surface area (Å²) in [5, 5.41) is 14.6. The molecule has 0 saturated carbocycles. The largest absolute Gasteiger partial charge is 0.494 e. The van der Waals surface area contributed by atoms with Gasteiger partial charge in [-0.05, 0) is 18.8 Å². The predicted molar refractivity (Wildman–Crippen MR) is 76.3 cm³/mol. The maximum absolute atomic E-state index is 13.7. The van der Waals surface area contributed by atoms with E-state index < -0.39 is 10.7 Å². The molecule has 3 rings (SSSR count). The van der Waals surface area contributed by atoms with Crippen LogP contribution in [0.25, 0.3) is 0 Å². The Labute approximate surface area is 122 Å². The third-order valence-electron chi connectivity index (χ3n) is 4.69. The van der Waals surface area contributed by atoms with E-state index in [-0.39, 0.29) is 17.5 Å². The molecule has 2 aliphatic heterocycles. The van der Waals surface area contributed by atoms with Crippen molar-refractivity contribution in [3.8, 4) is 5.75 Å². The highest BCUT2D eigenvalue weighted by molar-refractivity contribution is 5.67. The number of nitro benzene ring substituents is 1. The van der Waals surface area contributed by atoms with Gasteiger partial charge in [-0.15, -0.1) is 0 Å². The molecule has 2 heterocycles. The van der Waals surface area contributed by atoms with Gasteiger partial charge in [-0.25, -0.2) is 4.39 Å². The molecule has 1 aromatic rings. The van der Waals surface area contributed by atoms with Crippen molar-refractivity contribution in [2.24, 2.45) is 11.8 Å². The molecule has 0 amide bonds. The number of methoxy groups -OCH3 is 1. The molecule has 2 aliphatic rings. The first-order valence-corrected chi connectivity index (χ1v) is 7.02. The number of rotatable bonds is 3. The van der Waals surface area contributed by atoms with Crippen molar-refractivity contribution in [2.45, 2.75) is 13.0 Å². The topological polar surface area (TPSA) is 67.6 Å². The zero-order chi connectivity index (χ0) is 15.1. The lowest BCUT2D eigenvalue weighted by Crippen LogP contribution is -2.33. The van der Waals surface area contributed by atoms with Gasteiger partial charge in [0, 0.05) is 31.7 Å². The van der Waals surface area contributed by atoms with Crippen LogP contribution in [-0.4, -0.2) is 37.7 Å². The van der Waals surface area contributed by atoms with Gasteiger partial charge in [0.2, 0.25) is 0 Å². The first-order valence-electron chi connectivity index (χ1n) is 7.02. The van der Waals surface area contributed by atoms with E-state index >= 15 is 0 Å². The zero-order valence-corrected chi connectivity index (χ0v) is 12.0. The highest BCUT2D eigenvalue weighted by Gasteiger charge is 2.43. The second-order valence-corrected chi connectivity index (χ2v) is 5.71. The van der Waals surface area contributed by atoms with Crippen molar-refractivity contribution in [2.75, 3.05) is 31.6 Å². The van der Waals surface area contributed by atoms with E-state index in [4.69, 9.17) is 4.74 Å². The molecular formula is C14H18FN3O3. The second kappa shape index (κ2) is 5.14. The Bertz CT molecular complexity index is 581. The lowest BCUT2D eigenvalue weighted by Gasteiger charge is -2.26. The molecule has 1 aromatic carbocycles. The average molecular weight is 295 g/mol. The number of halogens is 1. The number of hydrogen-bond donors (Lipinski definition) is 1. The summed E-state index contributed by atoms with van der Waals surface area (Å²) < 4.78 is 18.7. The third-order valence-corrected chi connectivity index (χ3v) is 4.69. The van der Waals surface area contributed by atoms with Crippen LogP contribution < -0.4 is 15.0 Å². The summed E-state index contributed by atoms with van der Waals surface area (Å²) in [4.78, 5) is 12.7. The van der Waals surface area contributed by atoms with Crippen LogP contribution in [0.15, 0.2) is 12.1 Å². The standard InChI is InChI=1S/C14H18FN3O3/c1-8-10-6-16-5-9(10)7-17(8)12-4-14(21-2)11(15)3-13(12)18(19)20/h3-4,8-10,16H,5-7H2,1-2H3. The highest BCUT2D eigenvalue weighted by atomic mass is 19.1. The summed E-state index contributed by atoms with van der Waals surface area (Å²) in [7, 11) is 1.36. The molecule has 6 nitrogen and oxygen atoms in total. The maximum atomic E-state index is 13.7. The highest BCUT2D eigenvalue weighted by Crippen LogP contribution is 2.41. The van der Waals surface area contributed by atoms with Gasteiger partial charge in [-0.1, -0.05) is 0 Å². The maximum Gasteiger partial charge on any atom is 0.295 e. The van der Waals surface area contributed by atoms with Gasteiger partial charge in [-0.3, -0.25) is 10.1 Å². The van der Waals surface area contributed by atoms with Gasteiger partial charge in [0.05, 0.1) is 18.1 Å². The number of hydrogen-bond acceptors (Lipinski definition) is 5. The fraction of sp³-hybridized carbons (Fsp3) is 0.571. The number of nitrogens with one attached hydrogen (secondary N) is 1. The van der Waals surface area contributed by atoms with Crippen LogP contribution in [0.1, 0.15) is 6.92 Å². The summed E-state index contributed by atoms with van der Waals surface area (Å²) >= 11 is 0. The Balaban J connectivity index is 2.03. The number of nitrogens with zero attached hydrogens (tertiary/aromatic N) is 2. The van der Waals surface area contributed by atoms with Gasteiger partial charge in [0.25, 0.3) is 5.69 Å². The molecule has 7 heteroatoms. The molecule has 3 unspecified atom stereocenters. The van der Waals surface area contributed by atoms with Crippen LogP contribution >= 0.6 is 0 Å². The minimum atomic E-state index is -0.707. The van der Waals surface area contributed by atoms with Crippen molar-refractivity contribution in [3.63, 3.8) is 0 Å². The number of anilines is 1. The molecule has 0 spiro atoms. The van der Waals surface area contributed by atoms with Gasteiger partial charge in [-0.2, -0.15) is 0 Å². The van der Waals surface area contributed by atoms with E-state index in [0.29, 0.717) is 17.5 Å². The lowest BCUT2D eigenvalue weighted by atomic mass is 9.95. The van der Waals surface area contributed by atoms with E-state index in [9.17, 15) is 14.5 Å². The number of fused-ring (bicyclic) bond motifs is 1. The Morgan fingerprint density at radius 2 is 2.24 bits per heavy atom. The van der Waals surface area contributed by atoms with Crippen molar-refractivity contribution in [3.05, 3.63) is 28.1 Å². The summed E-state index contributed by atoms with van der Waals surface area (Å²) in [6.07, 6.45) is 0.